The molecule has 0 saturated heterocycles. The molecular formula is C10H14N4O. The van der Waals surface area contributed by atoms with Gasteiger partial charge in [-0.05, 0) is 19.3 Å². The Morgan fingerprint density at radius 3 is 3.00 bits per heavy atom. The topological polar surface area (TPSA) is 72.9 Å². The first-order valence-corrected chi connectivity index (χ1v) is 5.38. The molecule has 1 saturated carbocycles. The van der Waals surface area contributed by atoms with E-state index in [4.69, 9.17) is 5.73 Å². The van der Waals surface area contributed by atoms with E-state index in [1.54, 1.807) is 0 Å². The molecular weight excluding hydrogens is 192 g/mol. The zero-order valence-electron chi connectivity index (χ0n) is 8.44. The summed E-state index contributed by atoms with van der Waals surface area (Å²) in [6.45, 7) is 0.724. The van der Waals surface area contributed by atoms with Gasteiger partial charge in [0.15, 0.2) is 0 Å². The van der Waals surface area contributed by atoms with Crippen molar-refractivity contribution in [2.45, 2.75) is 37.8 Å². The van der Waals surface area contributed by atoms with Crippen molar-refractivity contribution >= 4 is 11.7 Å². The van der Waals surface area contributed by atoms with E-state index >= 15 is 0 Å². The summed E-state index contributed by atoms with van der Waals surface area (Å²) in [6, 6.07) is 1.57. The Morgan fingerprint density at radius 1 is 1.47 bits per heavy atom. The Hall–Kier alpha value is -1.36. The number of nitrogens with zero attached hydrogens (tertiary/aromatic N) is 2. The molecule has 1 aliphatic carbocycles. The van der Waals surface area contributed by atoms with Crippen molar-refractivity contribution in [1.29, 1.82) is 0 Å². The van der Waals surface area contributed by atoms with E-state index in [1.165, 1.54) is 12.8 Å². The SMILES string of the molecule is NC1CCn2nc(C3CC3)cc2NC1=O. The monoisotopic (exact) mass is 206 g/mol. The Morgan fingerprint density at radius 2 is 2.27 bits per heavy atom. The van der Waals surface area contributed by atoms with Crippen LogP contribution in [0.1, 0.15) is 30.9 Å². The molecule has 1 aromatic rings. The van der Waals surface area contributed by atoms with Crippen molar-refractivity contribution in [2.75, 3.05) is 5.32 Å². The highest BCUT2D eigenvalue weighted by atomic mass is 16.2. The van der Waals surface area contributed by atoms with Crippen LogP contribution in [0.5, 0.6) is 0 Å². The van der Waals surface area contributed by atoms with Crippen LogP contribution in [0.25, 0.3) is 0 Å². The molecule has 1 aromatic heterocycles. The smallest absolute Gasteiger partial charge is 0.242 e. The molecule has 1 unspecified atom stereocenters. The first-order chi connectivity index (χ1) is 7.24. The van der Waals surface area contributed by atoms with Crippen LogP contribution in [0.15, 0.2) is 6.07 Å². The van der Waals surface area contributed by atoms with Crippen LogP contribution in [-0.4, -0.2) is 21.7 Å². The van der Waals surface area contributed by atoms with Gasteiger partial charge in [0.1, 0.15) is 5.82 Å². The highest BCUT2D eigenvalue weighted by Crippen LogP contribution is 2.40. The summed E-state index contributed by atoms with van der Waals surface area (Å²) in [5.74, 6) is 1.32. The van der Waals surface area contributed by atoms with Gasteiger partial charge in [-0.2, -0.15) is 5.10 Å². The normalized spacial score (nSPS) is 25.7. The maximum Gasteiger partial charge on any atom is 0.242 e. The lowest BCUT2D eigenvalue weighted by molar-refractivity contribution is -0.117. The fourth-order valence-electron chi connectivity index (χ4n) is 1.90. The molecule has 1 atom stereocenters. The summed E-state index contributed by atoms with van der Waals surface area (Å²) in [4.78, 5) is 11.5. The maximum absolute atomic E-state index is 11.5. The fourth-order valence-corrected chi connectivity index (χ4v) is 1.90. The van der Waals surface area contributed by atoms with E-state index in [1.807, 2.05) is 10.7 Å². The average Bonchev–Trinajstić information content (AvgIpc) is 2.99. The second-order valence-electron chi connectivity index (χ2n) is 4.34. The van der Waals surface area contributed by atoms with Crippen LogP contribution < -0.4 is 11.1 Å². The summed E-state index contributed by atoms with van der Waals surface area (Å²) in [6.07, 6.45) is 3.11. The van der Waals surface area contributed by atoms with Crippen molar-refractivity contribution < 1.29 is 4.79 Å². The van der Waals surface area contributed by atoms with Crippen molar-refractivity contribution in [2.24, 2.45) is 5.73 Å². The molecule has 5 nitrogen and oxygen atoms in total. The lowest BCUT2D eigenvalue weighted by Crippen LogP contribution is -2.34. The molecule has 1 fully saturated rings. The van der Waals surface area contributed by atoms with E-state index < -0.39 is 6.04 Å². The van der Waals surface area contributed by atoms with E-state index in [0.29, 0.717) is 12.3 Å². The molecule has 2 aliphatic rings. The van der Waals surface area contributed by atoms with Gasteiger partial charge in [0, 0.05) is 18.5 Å². The summed E-state index contributed by atoms with van der Waals surface area (Å²) in [5, 5.41) is 7.30. The number of aryl methyl sites for hydroxylation is 1. The molecule has 0 aromatic carbocycles. The van der Waals surface area contributed by atoms with E-state index in [-0.39, 0.29) is 5.91 Å². The number of anilines is 1. The molecule has 2 heterocycles. The van der Waals surface area contributed by atoms with Crippen LogP contribution >= 0.6 is 0 Å². The van der Waals surface area contributed by atoms with Gasteiger partial charge in [-0.15, -0.1) is 0 Å². The minimum atomic E-state index is -0.406. The summed E-state index contributed by atoms with van der Waals surface area (Å²) >= 11 is 0. The number of amides is 1. The Labute approximate surface area is 87.6 Å². The summed E-state index contributed by atoms with van der Waals surface area (Å²) in [7, 11) is 0. The molecule has 0 bridgehead atoms. The molecule has 1 aliphatic heterocycles. The minimum Gasteiger partial charge on any atom is -0.320 e. The summed E-state index contributed by atoms with van der Waals surface area (Å²) < 4.78 is 1.86. The average molecular weight is 206 g/mol. The second-order valence-corrected chi connectivity index (χ2v) is 4.34. The number of carbonyl (C=O) groups is 1. The molecule has 3 rings (SSSR count). The van der Waals surface area contributed by atoms with E-state index in [9.17, 15) is 4.79 Å². The first-order valence-electron chi connectivity index (χ1n) is 5.38. The predicted octanol–water partition coefficient (Wildman–Crippen LogP) is 0.430. The zero-order valence-corrected chi connectivity index (χ0v) is 8.44. The molecule has 80 valence electrons. The Balaban J connectivity index is 1.91. The summed E-state index contributed by atoms with van der Waals surface area (Å²) in [5.41, 5.74) is 6.79. The van der Waals surface area contributed by atoms with Crippen LogP contribution in [0.4, 0.5) is 5.82 Å². The minimum absolute atomic E-state index is 0.101. The third kappa shape index (κ3) is 1.52. The number of fused-ring (bicyclic) bond motifs is 1. The lowest BCUT2D eigenvalue weighted by atomic mass is 10.2. The number of nitrogens with one attached hydrogen (secondary N) is 1. The van der Waals surface area contributed by atoms with Crippen LogP contribution in [0.3, 0.4) is 0 Å². The number of aromatic nitrogens is 2. The molecule has 0 radical (unpaired) electrons. The van der Waals surface area contributed by atoms with E-state index in [2.05, 4.69) is 10.4 Å². The van der Waals surface area contributed by atoms with Gasteiger partial charge in [-0.3, -0.25) is 4.79 Å². The van der Waals surface area contributed by atoms with Gasteiger partial charge in [-0.1, -0.05) is 0 Å². The fraction of sp³-hybridized carbons (Fsp3) is 0.600. The van der Waals surface area contributed by atoms with Crippen molar-refractivity contribution in [3.63, 3.8) is 0 Å². The molecule has 1 amide bonds. The van der Waals surface area contributed by atoms with Gasteiger partial charge in [0.2, 0.25) is 5.91 Å². The number of nitrogens with two attached hydrogens (primary N) is 1. The Kier molecular flexibility index (Phi) is 1.82. The molecule has 3 N–H and O–H groups in total. The van der Waals surface area contributed by atoms with Gasteiger partial charge < -0.3 is 11.1 Å². The van der Waals surface area contributed by atoms with Crippen LogP contribution in [-0.2, 0) is 11.3 Å². The van der Waals surface area contributed by atoms with Crippen molar-refractivity contribution in [3.05, 3.63) is 11.8 Å². The zero-order chi connectivity index (χ0) is 10.4. The number of hydrogen-bond donors (Lipinski definition) is 2. The van der Waals surface area contributed by atoms with Gasteiger partial charge in [-0.25, -0.2) is 4.68 Å². The number of carbonyl (C=O) groups excluding carboxylic acids is 1. The maximum atomic E-state index is 11.5. The third-order valence-electron chi connectivity index (χ3n) is 3.03. The Bertz CT molecular complexity index is 408. The largest absolute Gasteiger partial charge is 0.320 e. The standard InChI is InChI=1S/C10H14N4O/c11-7-3-4-14-9(12-10(7)15)5-8(13-14)6-1-2-6/h5-7H,1-4,11H2,(H,12,15). The third-order valence-corrected chi connectivity index (χ3v) is 3.03. The lowest BCUT2D eigenvalue weighted by Gasteiger charge is -2.04. The van der Waals surface area contributed by atoms with Crippen molar-refractivity contribution in [1.82, 2.24) is 9.78 Å². The van der Waals surface area contributed by atoms with Crippen molar-refractivity contribution in [3.8, 4) is 0 Å². The molecule has 0 spiro atoms. The highest BCUT2D eigenvalue weighted by molar-refractivity contribution is 5.94. The van der Waals surface area contributed by atoms with Gasteiger partial charge >= 0.3 is 0 Å². The van der Waals surface area contributed by atoms with Gasteiger partial charge in [0.05, 0.1) is 11.7 Å². The quantitative estimate of drug-likeness (QED) is 0.699. The number of rotatable bonds is 1. The van der Waals surface area contributed by atoms with Crippen LogP contribution in [0, 0.1) is 0 Å². The second kappa shape index (κ2) is 3.06. The van der Waals surface area contributed by atoms with Crippen LogP contribution in [0.2, 0.25) is 0 Å². The molecule has 15 heavy (non-hydrogen) atoms. The highest BCUT2D eigenvalue weighted by Gasteiger charge is 2.29. The predicted molar refractivity (Wildman–Crippen MR) is 55.4 cm³/mol. The first kappa shape index (κ1) is 8.91. The number of hydrogen-bond acceptors (Lipinski definition) is 3. The van der Waals surface area contributed by atoms with E-state index in [0.717, 1.165) is 18.1 Å². The molecule has 5 heteroatoms. The van der Waals surface area contributed by atoms with Gasteiger partial charge in [0.25, 0.3) is 0 Å².